The van der Waals surface area contributed by atoms with Gasteiger partial charge in [-0.25, -0.2) is 0 Å². The van der Waals surface area contributed by atoms with Crippen molar-refractivity contribution in [1.29, 1.82) is 0 Å². The molecule has 1 aromatic rings. The molecule has 4 heteroatoms. The van der Waals surface area contributed by atoms with Gasteiger partial charge in [-0.15, -0.1) is 0 Å². The van der Waals surface area contributed by atoms with Crippen molar-refractivity contribution in [3.05, 3.63) is 24.0 Å². The van der Waals surface area contributed by atoms with E-state index in [9.17, 15) is 4.79 Å². The van der Waals surface area contributed by atoms with Crippen LogP contribution < -0.4 is 10.6 Å². The Morgan fingerprint density at radius 1 is 1.50 bits per heavy atom. The van der Waals surface area contributed by atoms with Gasteiger partial charge in [0.2, 0.25) is 5.91 Å². The van der Waals surface area contributed by atoms with Crippen molar-refractivity contribution in [2.24, 2.45) is 0 Å². The molecule has 1 heterocycles. The number of amides is 1. The van der Waals surface area contributed by atoms with Gasteiger partial charge in [0.05, 0.1) is 6.54 Å². The van der Waals surface area contributed by atoms with E-state index in [4.69, 9.17) is 0 Å². The first-order chi connectivity index (χ1) is 7.56. The van der Waals surface area contributed by atoms with E-state index in [0.717, 1.165) is 6.54 Å². The molecule has 0 aliphatic carbocycles. The van der Waals surface area contributed by atoms with Crippen molar-refractivity contribution < 1.29 is 4.79 Å². The van der Waals surface area contributed by atoms with Crippen molar-refractivity contribution in [2.45, 2.75) is 26.2 Å². The van der Waals surface area contributed by atoms with Crippen molar-refractivity contribution >= 4 is 5.91 Å². The number of likely N-dealkylation sites (N-methyl/N-ethyl adjacent to an activating group) is 1. The maximum absolute atomic E-state index is 11.4. The number of hydrogen-bond acceptors (Lipinski definition) is 2. The van der Waals surface area contributed by atoms with Gasteiger partial charge in [-0.05, 0) is 18.2 Å². The molecule has 0 aromatic carbocycles. The van der Waals surface area contributed by atoms with Crippen LogP contribution in [0.2, 0.25) is 0 Å². The second-order valence-corrected chi connectivity index (χ2v) is 4.54. The molecule has 16 heavy (non-hydrogen) atoms. The van der Waals surface area contributed by atoms with Gasteiger partial charge in [-0.2, -0.15) is 0 Å². The highest BCUT2D eigenvalue weighted by molar-refractivity contribution is 5.78. The fraction of sp³-hybridized carbons (Fsp3) is 0.583. The average molecular weight is 223 g/mol. The second kappa shape index (κ2) is 5.70. The van der Waals surface area contributed by atoms with Crippen LogP contribution in [-0.4, -0.2) is 30.5 Å². The summed E-state index contributed by atoms with van der Waals surface area (Å²) in [6.07, 6.45) is 3.87. The van der Waals surface area contributed by atoms with Crippen molar-refractivity contribution in [2.75, 3.05) is 19.6 Å². The van der Waals surface area contributed by atoms with E-state index in [1.807, 2.05) is 25.4 Å². The van der Waals surface area contributed by atoms with Gasteiger partial charge in [0.25, 0.3) is 0 Å². The average Bonchev–Trinajstić information content (AvgIpc) is 2.77. The molecule has 90 valence electrons. The normalized spacial score (nSPS) is 11.4. The van der Waals surface area contributed by atoms with Gasteiger partial charge in [0.15, 0.2) is 0 Å². The quantitative estimate of drug-likeness (QED) is 0.674. The summed E-state index contributed by atoms with van der Waals surface area (Å²) in [6.45, 7) is 8.06. The van der Waals surface area contributed by atoms with Crippen LogP contribution in [0.25, 0.3) is 0 Å². The van der Waals surface area contributed by atoms with Crippen molar-refractivity contribution in [3.8, 4) is 0 Å². The van der Waals surface area contributed by atoms with Gasteiger partial charge in [-0.1, -0.05) is 20.8 Å². The number of hydrogen-bond donors (Lipinski definition) is 3. The van der Waals surface area contributed by atoms with E-state index < -0.39 is 0 Å². The molecule has 4 nitrogen and oxygen atoms in total. The Morgan fingerprint density at radius 2 is 2.25 bits per heavy atom. The number of carbonyl (C=O) groups is 1. The molecule has 0 bridgehead atoms. The largest absolute Gasteiger partial charge is 0.367 e. The van der Waals surface area contributed by atoms with Crippen LogP contribution in [0.3, 0.4) is 0 Å². The number of H-pyrrole nitrogens is 1. The zero-order valence-corrected chi connectivity index (χ0v) is 10.3. The van der Waals surface area contributed by atoms with Crippen LogP contribution in [0.5, 0.6) is 0 Å². The highest BCUT2D eigenvalue weighted by Gasteiger charge is 2.21. The molecule has 0 atom stereocenters. The molecular weight excluding hydrogens is 202 g/mol. The molecule has 0 saturated carbocycles. The van der Waals surface area contributed by atoms with E-state index in [2.05, 4.69) is 29.5 Å². The van der Waals surface area contributed by atoms with Crippen molar-refractivity contribution in [1.82, 2.24) is 15.6 Å². The predicted molar refractivity (Wildman–Crippen MR) is 65.4 cm³/mol. The van der Waals surface area contributed by atoms with Gasteiger partial charge >= 0.3 is 0 Å². The Hall–Kier alpha value is -1.29. The van der Waals surface area contributed by atoms with Gasteiger partial charge < -0.3 is 15.6 Å². The Balaban J connectivity index is 2.39. The van der Waals surface area contributed by atoms with Crippen LogP contribution >= 0.6 is 0 Å². The summed E-state index contributed by atoms with van der Waals surface area (Å²) >= 11 is 0. The number of carbonyl (C=O) groups excluding carboxylic acids is 1. The summed E-state index contributed by atoms with van der Waals surface area (Å²) in [5.74, 6) is 0.0467. The van der Waals surface area contributed by atoms with E-state index in [1.54, 1.807) is 0 Å². The standard InChI is InChI=1S/C12H21N3O/c1-4-13-8-11(16)15-9-12(2,3)10-5-6-14-7-10/h5-7,13-14H,4,8-9H2,1-3H3,(H,15,16). The second-order valence-electron chi connectivity index (χ2n) is 4.54. The Kier molecular flexibility index (Phi) is 4.55. The molecule has 0 aliphatic heterocycles. The lowest BCUT2D eigenvalue weighted by Gasteiger charge is -2.24. The third-order valence-corrected chi connectivity index (χ3v) is 2.64. The van der Waals surface area contributed by atoms with Gasteiger partial charge in [0.1, 0.15) is 0 Å². The summed E-state index contributed by atoms with van der Waals surface area (Å²) in [5.41, 5.74) is 1.17. The van der Waals surface area contributed by atoms with Crippen LogP contribution in [0, 0.1) is 0 Å². The monoisotopic (exact) mass is 223 g/mol. The molecule has 1 rings (SSSR count). The Labute approximate surface area is 96.8 Å². The molecule has 3 N–H and O–H groups in total. The number of aromatic nitrogens is 1. The first kappa shape index (κ1) is 12.8. The van der Waals surface area contributed by atoms with Crippen LogP contribution in [0.4, 0.5) is 0 Å². The number of nitrogens with one attached hydrogen (secondary N) is 3. The van der Waals surface area contributed by atoms with Gasteiger partial charge in [0, 0.05) is 24.4 Å². The molecule has 1 amide bonds. The minimum Gasteiger partial charge on any atom is -0.367 e. The lowest BCUT2D eigenvalue weighted by Crippen LogP contribution is -2.40. The molecular formula is C12H21N3O. The Morgan fingerprint density at radius 3 is 2.81 bits per heavy atom. The maximum Gasteiger partial charge on any atom is 0.233 e. The molecule has 0 aliphatic rings. The fourth-order valence-corrected chi connectivity index (χ4v) is 1.47. The van der Waals surface area contributed by atoms with E-state index in [1.165, 1.54) is 5.56 Å². The zero-order chi connectivity index (χ0) is 12.0. The predicted octanol–water partition coefficient (Wildman–Crippen LogP) is 1.02. The SMILES string of the molecule is CCNCC(=O)NCC(C)(C)c1cc[nH]c1. The molecule has 0 saturated heterocycles. The first-order valence-electron chi connectivity index (χ1n) is 5.67. The topological polar surface area (TPSA) is 56.9 Å². The van der Waals surface area contributed by atoms with E-state index in [0.29, 0.717) is 13.1 Å². The minimum atomic E-state index is -0.0398. The molecule has 0 unspecified atom stereocenters. The molecule has 0 fully saturated rings. The van der Waals surface area contributed by atoms with Crippen LogP contribution in [0.15, 0.2) is 18.5 Å². The van der Waals surface area contributed by atoms with E-state index in [-0.39, 0.29) is 11.3 Å². The summed E-state index contributed by atoms with van der Waals surface area (Å²) in [7, 11) is 0. The zero-order valence-electron chi connectivity index (χ0n) is 10.3. The lowest BCUT2D eigenvalue weighted by atomic mass is 9.86. The summed E-state index contributed by atoms with van der Waals surface area (Å²) < 4.78 is 0. The summed E-state index contributed by atoms with van der Waals surface area (Å²) in [6, 6.07) is 2.04. The molecule has 0 radical (unpaired) electrons. The minimum absolute atomic E-state index is 0.0398. The fourth-order valence-electron chi connectivity index (χ4n) is 1.47. The van der Waals surface area contributed by atoms with E-state index >= 15 is 0 Å². The molecule has 1 aromatic heterocycles. The Bertz CT molecular complexity index is 317. The smallest absolute Gasteiger partial charge is 0.233 e. The highest BCUT2D eigenvalue weighted by atomic mass is 16.1. The van der Waals surface area contributed by atoms with Crippen molar-refractivity contribution in [3.63, 3.8) is 0 Å². The number of rotatable bonds is 6. The highest BCUT2D eigenvalue weighted by Crippen LogP contribution is 2.21. The lowest BCUT2D eigenvalue weighted by molar-refractivity contribution is -0.120. The summed E-state index contributed by atoms with van der Waals surface area (Å²) in [4.78, 5) is 14.5. The third-order valence-electron chi connectivity index (χ3n) is 2.64. The van der Waals surface area contributed by atoms with Crippen LogP contribution in [-0.2, 0) is 10.2 Å². The number of aromatic amines is 1. The maximum atomic E-state index is 11.4. The van der Waals surface area contributed by atoms with Gasteiger partial charge in [-0.3, -0.25) is 4.79 Å². The van der Waals surface area contributed by atoms with Crippen LogP contribution in [0.1, 0.15) is 26.3 Å². The first-order valence-corrected chi connectivity index (χ1v) is 5.67. The molecule has 0 spiro atoms. The third kappa shape index (κ3) is 3.70. The summed E-state index contributed by atoms with van der Waals surface area (Å²) in [5, 5.41) is 5.93.